The van der Waals surface area contributed by atoms with Crippen LogP contribution in [0.2, 0.25) is 0 Å². The molecule has 25 heavy (non-hydrogen) atoms. The molecule has 0 spiro atoms. The van der Waals surface area contributed by atoms with Crippen molar-refractivity contribution in [1.82, 2.24) is 20.0 Å². The Balaban J connectivity index is 0.000000265. The molecule has 1 aliphatic carbocycles. The lowest BCUT2D eigenvalue weighted by molar-refractivity contribution is -0.159. The van der Waals surface area contributed by atoms with E-state index in [-0.39, 0.29) is 0 Å². The molecule has 2 N–H and O–H groups in total. The molecule has 9 heteroatoms. The molecule has 2 aliphatic rings. The van der Waals surface area contributed by atoms with Gasteiger partial charge in [-0.3, -0.25) is 9.88 Å². The van der Waals surface area contributed by atoms with Crippen LogP contribution >= 0.6 is 0 Å². The van der Waals surface area contributed by atoms with Crippen molar-refractivity contribution < 1.29 is 24.3 Å². The lowest BCUT2D eigenvalue weighted by atomic mass is 10.00. The number of likely N-dealkylation sites (tertiary alicyclic amines) is 1. The number of rotatable bonds is 4. The first-order valence-electron chi connectivity index (χ1n) is 7.95. The maximum atomic E-state index is 9.10. The Hall–Kier alpha value is -2.81. The maximum Gasteiger partial charge on any atom is 0.414 e. The molecule has 132 valence electrons. The van der Waals surface area contributed by atoms with E-state index in [0.717, 1.165) is 37.0 Å². The highest BCUT2D eigenvalue weighted by molar-refractivity contribution is 6.27. The van der Waals surface area contributed by atoms with E-state index in [4.69, 9.17) is 24.3 Å². The summed E-state index contributed by atoms with van der Waals surface area (Å²) in [7, 11) is 0. The number of hydrogen-bond acceptors (Lipinski definition) is 7. The highest BCUT2D eigenvalue weighted by atomic mass is 16.5. The minimum absolute atomic E-state index is 0.406. The SMILES string of the molecule is O=C(O)C(=O)O.c1ccc(CN2CC(c3nc(C4CC4)no3)C2)nc1. The number of hydrogen-bond donors (Lipinski definition) is 2. The maximum absolute atomic E-state index is 9.10. The molecule has 9 nitrogen and oxygen atoms in total. The van der Waals surface area contributed by atoms with E-state index in [1.165, 1.54) is 12.8 Å². The first-order valence-corrected chi connectivity index (χ1v) is 7.95. The van der Waals surface area contributed by atoms with Crippen molar-refractivity contribution in [2.45, 2.75) is 31.2 Å². The van der Waals surface area contributed by atoms with Crippen molar-refractivity contribution in [3.05, 3.63) is 41.8 Å². The van der Waals surface area contributed by atoms with E-state index in [0.29, 0.717) is 11.8 Å². The van der Waals surface area contributed by atoms with Gasteiger partial charge >= 0.3 is 11.9 Å². The largest absolute Gasteiger partial charge is 0.473 e. The van der Waals surface area contributed by atoms with Crippen molar-refractivity contribution >= 4 is 11.9 Å². The number of pyridine rings is 1. The molecule has 2 aromatic rings. The zero-order valence-corrected chi connectivity index (χ0v) is 13.4. The summed E-state index contributed by atoms with van der Waals surface area (Å²) < 4.78 is 5.37. The van der Waals surface area contributed by atoms with Gasteiger partial charge in [-0.05, 0) is 25.0 Å². The second-order valence-corrected chi connectivity index (χ2v) is 6.09. The summed E-state index contributed by atoms with van der Waals surface area (Å²) in [6.07, 6.45) is 4.28. The van der Waals surface area contributed by atoms with Gasteiger partial charge in [0, 0.05) is 31.7 Å². The van der Waals surface area contributed by atoms with E-state index in [9.17, 15) is 0 Å². The third kappa shape index (κ3) is 4.60. The minimum Gasteiger partial charge on any atom is -0.473 e. The summed E-state index contributed by atoms with van der Waals surface area (Å²) in [4.78, 5) is 29.4. The average molecular weight is 346 g/mol. The standard InChI is InChI=1S/C14H16N4O.C2H2O4/c1-2-6-15-12(3-1)9-18-7-11(8-18)14-16-13(17-19-14)10-4-5-10;3-1(4)2(5)6/h1-3,6,10-11H,4-5,7-9H2;(H,3,4)(H,5,6). The Bertz CT molecular complexity index is 726. The van der Waals surface area contributed by atoms with Crippen molar-refractivity contribution in [1.29, 1.82) is 0 Å². The minimum atomic E-state index is -1.82. The summed E-state index contributed by atoms with van der Waals surface area (Å²) in [6.45, 7) is 2.88. The van der Waals surface area contributed by atoms with Gasteiger partial charge in [0.1, 0.15) is 0 Å². The molecule has 3 heterocycles. The molecule has 0 radical (unpaired) electrons. The van der Waals surface area contributed by atoms with Crippen LogP contribution in [0.15, 0.2) is 28.9 Å². The van der Waals surface area contributed by atoms with Crippen LogP contribution in [0.5, 0.6) is 0 Å². The molecule has 1 saturated carbocycles. The van der Waals surface area contributed by atoms with E-state index >= 15 is 0 Å². The average Bonchev–Trinajstić information content (AvgIpc) is 3.30. The molecule has 2 fully saturated rings. The molecule has 0 amide bonds. The fraction of sp³-hybridized carbons (Fsp3) is 0.438. The van der Waals surface area contributed by atoms with Gasteiger partial charge in [-0.15, -0.1) is 0 Å². The summed E-state index contributed by atoms with van der Waals surface area (Å²) in [5.74, 6) is -0.937. The number of nitrogens with zero attached hydrogens (tertiary/aromatic N) is 4. The molecule has 1 saturated heterocycles. The van der Waals surface area contributed by atoms with E-state index in [1.54, 1.807) is 0 Å². The van der Waals surface area contributed by atoms with Crippen LogP contribution in [-0.2, 0) is 16.1 Å². The highest BCUT2D eigenvalue weighted by Crippen LogP contribution is 2.39. The van der Waals surface area contributed by atoms with Gasteiger partial charge in [-0.1, -0.05) is 11.2 Å². The monoisotopic (exact) mass is 346 g/mol. The van der Waals surface area contributed by atoms with Gasteiger partial charge in [0.2, 0.25) is 5.89 Å². The third-order valence-electron chi connectivity index (χ3n) is 4.00. The Morgan fingerprint density at radius 2 is 1.88 bits per heavy atom. The Morgan fingerprint density at radius 1 is 1.16 bits per heavy atom. The smallest absolute Gasteiger partial charge is 0.414 e. The zero-order valence-electron chi connectivity index (χ0n) is 13.4. The van der Waals surface area contributed by atoms with Gasteiger partial charge < -0.3 is 14.7 Å². The second-order valence-electron chi connectivity index (χ2n) is 6.09. The number of aliphatic carboxylic acids is 2. The van der Waals surface area contributed by atoms with E-state index in [2.05, 4.69) is 26.1 Å². The Labute approximate surface area is 143 Å². The molecule has 2 aromatic heterocycles. The van der Waals surface area contributed by atoms with E-state index < -0.39 is 11.9 Å². The molecule has 0 atom stereocenters. The number of aromatic nitrogens is 3. The van der Waals surface area contributed by atoms with E-state index in [1.807, 2.05) is 18.3 Å². The summed E-state index contributed by atoms with van der Waals surface area (Å²) in [5, 5.41) is 18.9. The normalized spacial score (nSPS) is 17.3. The van der Waals surface area contributed by atoms with Gasteiger partial charge in [0.15, 0.2) is 5.82 Å². The van der Waals surface area contributed by atoms with Crippen LogP contribution in [0.4, 0.5) is 0 Å². The Morgan fingerprint density at radius 3 is 2.44 bits per heavy atom. The summed E-state index contributed by atoms with van der Waals surface area (Å²) in [5.41, 5.74) is 1.12. The van der Waals surface area contributed by atoms with Crippen LogP contribution < -0.4 is 0 Å². The highest BCUT2D eigenvalue weighted by Gasteiger charge is 2.35. The fourth-order valence-electron chi connectivity index (χ4n) is 2.50. The van der Waals surface area contributed by atoms with Crippen LogP contribution in [0.3, 0.4) is 0 Å². The zero-order chi connectivity index (χ0) is 17.8. The summed E-state index contributed by atoms with van der Waals surface area (Å²) in [6, 6.07) is 6.03. The molecular formula is C16H18N4O5. The van der Waals surface area contributed by atoms with Gasteiger partial charge in [-0.2, -0.15) is 4.98 Å². The molecule has 0 aromatic carbocycles. The van der Waals surface area contributed by atoms with Crippen molar-refractivity contribution in [2.24, 2.45) is 0 Å². The van der Waals surface area contributed by atoms with Crippen LogP contribution in [0.1, 0.15) is 42.1 Å². The predicted molar refractivity (Wildman–Crippen MR) is 83.8 cm³/mol. The quantitative estimate of drug-likeness (QED) is 0.781. The fourth-order valence-corrected chi connectivity index (χ4v) is 2.50. The number of carboxylic acids is 2. The van der Waals surface area contributed by atoms with Crippen molar-refractivity contribution in [3.63, 3.8) is 0 Å². The third-order valence-corrected chi connectivity index (χ3v) is 4.00. The summed E-state index contributed by atoms with van der Waals surface area (Å²) >= 11 is 0. The number of carboxylic acid groups (broad SMARTS) is 2. The molecule has 0 unspecified atom stereocenters. The first-order chi connectivity index (χ1) is 12.0. The second kappa shape index (κ2) is 7.39. The van der Waals surface area contributed by atoms with Gasteiger partial charge in [0.05, 0.1) is 11.6 Å². The molecule has 4 rings (SSSR count). The van der Waals surface area contributed by atoms with Crippen molar-refractivity contribution in [2.75, 3.05) is 13.1 Å². The van der Waals surface area contributed by atoms with Gasteiger partial charge in [-0.25, -0.2) is 9.59 Å². The van der Waals surface area contributed by atoms with Crippen LogP contribution in [0.25, 0.3) is 0 Å². The Kier molecular flexibility index (Phi) is 5.03. The lowest BCUT2D eigenvalue weighted by Crippen LogP contribution is -2.44. The predicted octanol–water partition coefficient (Wildman–Crippen LogP) is 1.10. The molecule has 1 aliphatic heterocycles. The van der Waals surface area contributed by atoms with Crippen LogP contribution in [-0.4, -0.2) is 55.3 Å². The van der Waals surface area contributed by atoms with Crippen molar-refractivity contribution in [3.8, 4) is 0 Å². The topological polar surface area (TPSA) is 130 Å². The first kappa shape index (κ1) is 17.0. The molecular weight excluding hydrogens is 328 g/mol. The lowest BCUT2D eigenvalue weighted by Gasteiger charge is -2.36. The number of carbonyl (C=O) groups is 2. The van der Waals surface area contributed by atoms with Crippen LogP contribution in [0, 0.1) is 0 Å². The molecule has 0 bridgehead atoms. The van der Waals surface area contributed by atoms with Gasteiger partial charge in [0.25, 0.3) is 0 Å².